The molecule has 1 N–H and O–H groups in total. The predicted molar refractivity (Wildman–Crippen MR) is 79.4 cm³/mol. The average Bonchev–Trinajstić information content (AvgIpc) is 2.26. The number of hydrogen-bond donors (Lipinski definition) is 1. The van der Waals surface area contributed by atoms with Crippen molar-refractivity contribution in [1.29, 1.82) is 0 Å². The van der Waals surface area contributed by atoms with Crippen LogP contribution in [-0.2, 0) is 14.1 Å². The molecule has 5 nitrogen and oxygen atoms in total. The lowest BCUT2D eigenvalue weighted by Gasteiger charge is -2.19. The molecule has 1 aromatic carbocycles. The molecule has 20 heavy (non-hydrogen) atoms. The van der Waals surface area contributed by atoms with Crippen molar-refractivity contribution in [2.45, 2.75) is 32.9 Å². The quantitative estimate of drug-likeness (QED) is 0.626. The van der Waals surface area contributed by atoms with Crippen molar-refractivity contribution in [2.24, 2.45) is 0 Å². The van der Waals surface area contributed by atoms with Gasteiger partial charge in [-0.3, -0.25) is 4.79 Å². The maximum atomic E-state index is 12.1. The van der Waals surface area contributed by atoms with Crippen molar-refractivity contribution in [2.75, 3.05) is 0 Å². The summed E-state index contributed by atoms with van der Waals surface area (Å²) < 4.78 is 22.2. The second kappa shape index (κ2) is 7.32. The van der Waals surface area contributed by atoms with E-state index in [4.69, 9.17) is 32.1 Å². The predicted octanol–water partition coefficient (Wildman–Crippen LogP) is 4.00. The Kier molecular flexibility index (Phi) is 6.34. The van der Waals surface area contributed by atoms with Crippen LogP contribution in [0.5, 0.6) is 5.75 Å². The van der Waals surface area contributed by atoms with Crippen molar-refractivity contribution in [3.8, 4) is 5.75 Å². The molecule has 112 valence electrons. The zero-order chi connectivity index (χ0) is 15.3. The number of hydrogen-bond acceptors (Lipinski definition) is 4. The number of halogens is 2. The normalized spacial score (nSPS) is 15.5. The Morgan fingerprint density at radius 3 is 2.55 bits per heavy atom. The smallest absolute Gasteiger partial charge is 0.409 e. The van der Waals surface area contributed by atoms with Crippen LogP contribution in [0.25, 0.3) is 0 Å². The first-order valence-electron chi connectivity index (χ1n) is 5.93. The van der Waals surface area contributed by atoms with Gasteiger partial charge in [-0.1, -0.05) is 17.7 Å². The summed E-state index contributed by atoms with van der Waals surface area (Å²) in [7, 11) is 0. The van der Waals surface area contributed by atoms with Crippen LogP contribution in [-0.4, -0.2) is 18.1 Å². The van der Waals surface area contributed by atoms with Gasteiger partial charge in [0, 0.05) is 16.3 Å². The number of nitrogens with one attached hydrogen (secondary N) is 1. The summed E-state index contributed by atoms with van der Waals surface area (Å²) in [5.41, 5.74) is 0. The fraction of sp³-hybridized carbons (Fsp3) is 0.417. The van der Waals surface area contributed by atoms with Crippen molar-refractivity contribution >= 4 is 35.7 Å². The molecule has 2 atom stereocenters. The highest BCUT2D eigenvalue weighted by molar-refractivity contribution is 7.84. The summed E-state index contributed by atoms with van der Waals surface area (Å²) >= 11 is 11.5. The topological polar surface area (TPSA) is 64.6 Å². The molecule has 0 radical (unpaired) electrons. The molecule has 0 aliphatic rings. The zero-order valence-corrected chi connectivity index (χ0v) is 13.7. The summed E-state index contributed by atoms with van der Waals surface area (Å²) in [6.45, 7) is 1.19. The Morgan fingerprint density at radius 2 is 2.00 bits per heavy atom. The van der Waals surface area contributed by atoms with Crippen LogP contribution in [0.1, 0.15) is 20.8 Å². The molecule has 0 aliphatic heterocycles. The molecule has 0 aromatic heterocycles. The minimum atomic E-state index is -3.72. The van der Waals surface area contributed by atoms with Gasteiger partial charge in [0.1, 0.15) is 11.8 Å². The van der Waals surface area contributed by atoms with E-state index < -0.39 is 18.9 Å². The van der Waals surface area contributed by atoms with Crippen LogP contribution < -0.4 is 9.61 Å². The van der Waals surface area contributed by atoms with E-state index >= 15 is 0 Å². The van der Waals surface area contributed by atoms with E-state index in [0.29, 0.717) is 5.02 Å². The standard InChI is InChI=1S/C12H16Cl2NO4P/c1-8(2)18-12(16)9(3)15-20(14,17)19-11-6-4-5-10(13)7-11/h4-9H,1-3H3,(H,15,17)/t9-,20?/m0/s1. The molecular formula is C12H16Cl2NO4P. The number of carbonyl (C=O) groups excluding carboxylic acids is 1. The van der Waals surface area contributed by atoms with Gasteiger partial charge < -0.3 is 9.26 Å². The lowest BCUT2D eigenvalue weighted by molar-refractivity contribution is -0.148. The molecule has 0 aliphatic carbocycles. The van der Waals surface area contributed by atoms with Crippen molar-refractivity contribution in [3.63, 3.8) is 0 Å². The van der Waals surface area contributed by atoms with E-state index in [0.717, 1.165) is 0 Å². The average molecular weight is 340 g/mol. The highest BCUT2D eigenvalue weighted by Crippen LogP contribution is 2.48. The molecular weight excluding hydrogens is 324 g/mol. The second-order valence-electron chi connectivity index (χ2n) is 4.36. The van der Waals surface area contributed by atoms with Crippen LogP contribution in [0.3, 0.4) is 0 Å². The SMILES string of the molecule is CC(C)OC(=O)[C@H](C)NP(=O)(Cl)Oc1cccc(Cl)c1. The highest BCUT2D eigenvalue weighted by atomic mass is 35.7. The maximum absolute atomic E-state index is 12.1. The molecule has 1 rings (SSSR count). The van der Waals surface area contributed by atoms with E-state index in [9.17, 15) is 9.36 Å². The number of carbonyl (C=O) groups is 1. The van der Waals surface area contributed by atoms with Crippen molar-refractivity contribution in [3.05, 3.63) is 29.3 Å². The van der Waals surface area contributed by atoms with Gasteiger partial charge in [-0.05, 0) is 39.0 Å². The van der Waals surface area contributed by atoms with Crippen molar-refractivity contribution in [1.82, 2.24) is 5.09 Å². The third-order valence-electron chi connectivity index (χ3n) is 2.07. The monoisotopic (exact) mass is 339 g/mol. The lowest BCUT2D eigenvalue weighted by atomic mass is 10.3. The molecule has 1 aromatic rings. The first-order chi connectivity index (χ1) is 9.19. The largest absolute Gasteiger partial charge is 0.462 e. The Morgan fingerprint density at radius 1 is 1.35 bits per heavy atom. The molecule has 8 heteroatoms. The number of rotatable bonds is 6. The molecule has 0 spiro atoms. The summed E-state index contributed by atoms with van der Waals surface area (Å²) in [5.74, 6) is -0.316. The fourth-order valence-electron chi connectivity index (χ4n) is 1.30. The van der Waals surface area contributed by atoms with Gasteiger partial charge in [0.05, 0.1) is 6.10 Å². The lowest BCUT2D eigenvalue weighted by Crippen LogP contribution is -2.34. The van der Waals surface area contributed by atoms with E-state index in [1.807, 2.05) is 0 Å². The van der Waals surface area contributed by atoms with Gasteiger partial charge in [0.15, 0.2) is 0 Å². The van der Waals surface area contributed by atoms with Gasteiger partial charge in [-0.25, -0.2) is 9.65 Å². The molecule has 0 bridgehead atoms. The first-order valence-corrected chi connectivity index (χ1v) is 8.83. The summed E-state index contributed by atoms with van der Waals surface area (Å²) in [5, 5.41) is 2.83. The number of esters is 1. The van der Waals surface area contributed by atoms with Crippen LogP contribution in [0, 0.1) is 0 Å². The third-order valence-corrected chi connectivity index (χ3v) is 3.95. The van der Waals surface area contributed by atoms with E-state index in [-0.39, 0.29) is 11.9 Å². The third kappa shape index (κ3) is 6.14. The fourth-order valence-corrected chi connectivity index (χ4v) is 3.17. The Hall–Kier alpha value is -0.740. The van der Waals surface area contributed by atoms with Gasteiger partial charge >= 0.3 is 12.8 Å². The molecule has 0 heterocycles. The molecule has 0 saturated heterocycles. The van der Waals surface area contributed by atoms with Gasteiger partial charge in [-0.15, -0.1) is 0 Å². The van der Waals surface area contributed by atoms with Crippen LogP contribution >= 0.6 is 29.7 Å². The van der Waals surface area contributed by atoms with Crippen LogP contribution in [0.2, 0.25) is 5.02 Å². The Labute approximate surface area is 127 Å². The Bertz CT molecular complexity index is 524. The minimum Gasteiger partial charge on any atom is -0.462 e. The number of benzene rings is 1. The number of ether oxygens (including phenoxy) is 1. The maximum Gasteiger partial charge on any atom is 0.409 e. The van der Waals surface area contributed by atoms with Gasteiger partial charge in [0.25, 0.3) is 0 Å². The van der Waals surface area contributed by atoms with Crippen LogP contribution in [0.4, 0.5) is 0 Å². The minimum absolute atomic E-state index is 0.243. The van der Waals surface area contributed by atoms with E-state index in [1.54, 1.807) is 32.0 Å². The van der Waals surface area contributed by atoms with Gasteiger partial charge in [-0.2, -0.15) is 0 Å². The van der Waals surface area contributed by atoms with E-state index in [2.05, 4.69) is 5.09 Å². The summed E-state index contributed by atoms with van der Waals surface area (Å²) in [4.78, 5) is 11.6. The van der Waals surface area contributed by atoms with Gasteiger partial charge in [0.2, 0.25) is 0 Å². The van der Waals surface area contributed by atoms with Crippen LogP contribution in [0.15, 0.2) is 24.3 Å². The Balaban J connectivity index is 2.65. The second-order valence-corrected chi connectivity index (χ2v) is 7.54. The summed E-state index contributed by atoms with van der Waals surface area (Å²) in [6.07, 6.45) is -0.268. The zero-order valence-electron chi connectivity index (χ0n) is 11.3. The van der Waals surface area contributed by atoms with Crippen molar-refractivity contribution < 1.29 is 18.6 Å². The highest BCUT2D eigenvalue weighted by Gasteiger charge is 2.28. The first kappa shape index (κ1) is 17.3. The molecule has 1 unspecified atom stereocenters. The van der Waals surface area contributed by atoms with E-state index in [1.165, 1.54) is 13.0 Å². The molecule has 0 amide bonds. The summed E-state index contributed by atoms with van der Waals surface area (Å²) in [6, 6.07) is 5.43. The molecule has 0 fully saturated rings. The molecule has 0 saturated carbocycles.